The molecule has 0 unspecified atom stereocenters. The van der Waals surface area contributed by atoms with Crippen LogP contribution >= 0.6 is 23.4 Å². The van der Waals surface area contributed by atoms with E-state index in [0.29, 0.717) is 22.8 Å². The molecular weight excluding hydrogens is 459 g/mol. The Morgan fingerprint density at radius 1 is 1.00 bits per heavy atom. The number of thioether (sulfide) groups is 1. The molecule has 2 amide bonds. The Morgan fingerprint density at radius 3 is 2.39 bits per heavy atom. The highest BCUT2D eigenvalue weighted by atomic mass is 35.5. The predicted octanol–water partition coefficient (Wildman–Crippen LogP) is 5.10. The van der Waals surface area contributed by atoms with E-state index < -0.39 is 11.9 Å². The minimum absolute atomic E-state index is 0.00809. The lowest BCUT2D eigenvalue weighted by molar-refractivity contribution is -0.139. The summed E-state index contributed by atoms with van der Waals surface area (Å²) in [5.74, 6) is -0.165. The average Bonchev–Trinajstić information content (AvgIpc) is 2.82. The van der Waals surface area contributed by atoms with E-state index in [1.54, 1.807) is 31.3 Å². The van der Waals surface area contributed by atoms with E-state index in [4.69, 9.17) is 11.6 Å². The van der Waals surface area contributed by atoms with Gasteiger partial charge in [-0.25, -0.2) is 4.39 Å². The summed E-state index contributed by atoms with van der Waals surface area (Å²) in [6.07, 6.45) is 0.333. The van der Waals surface area contributed by atoms with Crippen molar-refractivity contribution in [3.05, 3.63) is 106 Å². The molecule has 0 saturated carbocycles. The predicted molar refractivity (Wildman–Crippen MR) is 133 cm³/mol. The van der Waals surface area contributed by atoms with E-state index in [9.17, 15) is 14.0 Å². The van der Waals surface area contributed by atoms with Crippen molar-refractivity contribution in [1.29, 1.82) is 0 Å². The molecule has 33 heavy (non-hydrogen) atoms. The van der Waals surface area contributed by atoms with Gasteiger partial charge in [0.2, 0.25) is 11.8 Å². The van der Waals surface area contributed by atoms with E-state index in [-0.39, 0.29) is 24.1 Å². The topological polar surface area (TPSA) is 49.4 Å². The first kappa shape index (κ1) is 24.8. The minimum atomic E-state index is -0.767. The van der Waals surface area contributed by atoms with Gasteiger partial charge in [0, 0.05) is 36.4 Å². The Hall–Kier alpha value is -2.83. The van der Waals surface area contributed by atoms with Gasteiger partial charge in [0.25, 0.3) is 0 Å². The van der Waals surface area contributed by atoms with Crippen molar-refractivity contribution in [1.82, 2.24) is 10.2 Å². The number of benzene rings is 3. The number of rotatable bonds is 10. The number of hydrogen-bond donors (Lipinski definition) is 1. The first-order valence-corrected chi connectivity index (χ1v) is 12.1. The summed E-state index contributed by atoms with van der Waals surface area (Å²) in [6.45, 7) is 0.00809. The van der Waals surface area contributed by atoms with Gasteiger partial charge in [-0.2, -0.15) is 0 Å². The molecule has 7 heteroatoms. The van der Waals surface area contributed by atoms with Crippen LogP contribution in [0.3, 0.4) is 0 Å². The zero-order chi connectivity index (χ0) is 23.6. The molecule has 0 fully saturated rings. The Kier molecular flexibility index (Phi) is 9.34. The Labute approximate surface area is 203 Å². The lowest BCUT2D eigenvalue weighted by atomic mass is 10.0. The van der Waals surface area contributed by atoms with Crippen LogP contribution in [0.25, 0.3) is 0 Å². The molecule has 3 rings (SSSR count). The maximum absolute atomic E-state index is 14.4. The smallest absolute Gasteiger partial charge is 0.242 e. The Morgan fingerprint density at radius 2 is 1.70 bits per heavy atom. The number of carbonyl (C=O) groups is 2. The van der Waals surface area contributed by atoms with Crippen LogP contribution in [0.2, 0.25) is 5.02 Å². The van der Waals surface area contributed by atoms with Crippen LogP contribution in [-0.2, 0) is 28.3 Å². The van der Waals surface area contributed by atoms with Gasteiger partial charge in [0.05, 0.1) is 5.75 Å². The number of hydrogen-bond acceptors (Lipinski definition) is 3. The highest BCUT2D eigenvalue weighted by Crippen LogP contribution is 2.20. The monoisotopic (exact) mass is 484 g/mol. The third kappa shape index (κ3) is 7.34. The molecule has 0 aliphatic carbocycles. The zero-order valence-electron chi connectivity index (χ0n) is 18.3. The molecule has 4 nitrogen and oxygen atoms in total. The van der Waals surface area contributed by atoms with Crippen molar-refractivity contribution in [2.75, 3.05) is 12.8 Å². The highest BCUT2D eigenvalue weighted by molar-refractivity contribution is 7.99. The zero-order valence-corrected chi connectivity index (χ0v) is 19.9. The molecule has 0 heterocycles. The van der Waals surface area contributed by atoms with Gasteiger partial charge >= 0.3 is 0 Å². The molecule has 3 aromatic carbocycles. The standard InChI is InChI=1S/C26H26ClFN2O2S/c1-29-26(32)24(15-19-8-3-2-4-9-19)30(16-21-11-5-6-13-23(21)28)25(31)18-33-17-20-10-7-12-22(27)14-20/h2-14,24H,15-18H2,1H3,(H,29,32)/t24-/m0/s1. The van der Waals surface area contributed by atoms with E-state index in [2.05, 4.69) is 5.32 Å². The molecule has 0 bridgehead atoms. The van der Waals surface area contributed by atoms with Crippen LogP contribution in [0.4, 0.5) is 4.39 Å². The van der Waals surface area contributed by atoms with Gasteiger partial charge in [-0.3, -0.25) is 9.59 Å². The van der Waals surface area contributed by atoms with Crippen molar-refractivity contribution in [2.24, 2.45) is 0 Å². The number of amides is 2. The van der Waals surface area contributed by atoms with E-state index >= 15 is 0 Å². The largest absolute Gasteiger partial charge is 0.357 e. The Bertz CT molecular complexity index is 1080. The van der Waals surface area contributed by atoms with Gasteiger partial charge in [-0.15, -0.1) is 11.8 Å². The first-order valence-electron chi connectivity index (χ1n) is 10.6. The fourth-order valence-electron chi connectivity index (χ4n) is 3.50. The van der Waals surface area contributed by atoms with Crippen molar-refractivity contribution in [2.45, 2.75) is 24.8 Å². The molecule has 0 aliphatic heterocycles. The third-order valence-electron chi connectivity index (χ3n) is 5.20. The third-order valence-corrected chi connectivity index (χ3v) is 6.42. The molecule has 0 saturated heterocycles. The van der Waals surface area contributed by atoms with Gasteiger partial charge in [0.15, 0.2) is 0 Å². The number of nitrogens with one attached hydrogen (secondary N) is 1. The first-order chi connectivity index (χ1) is 16.0. The molecule has 1 atom stereocenters. The Balaban J connectivity index is 1.82. The SMILES string of the molecule is CNC(=O)[C@H](Cc1ccccc1)N(Cc1ccccc1F)C(=O)CSCc1cccc(Cl)c1. The van der Waals surface area contributed by atoms with E-state index in [1.165, 1.54) is 22.7 Å². The van der Waals surface area contributed by atoms with E-state index in [0.717, 1.165) is 11.1 Å². The fraction of sp³-hybridized carbons (Fsp3) is 0.231. The van der Waals surface area contributed by atoms with Crippen LogP contribution < -0.4 is 5.32 Å². The second-order valence-corrected chi connectivity index (χ2v) is 8.98. The summed E-state index contributed by atoms with van der Waals surface area (Å²) in [7, 11) is 1.54. The molecule has 0 aromatic heterocycles. The fourth-order valence-corrected chi connectivity index (χ4v) is 4.57. The molecule has 0 aliphatic rings. The number of nitrogens with zero attached hydrogens (tertiary/aromatic N) is 1. The lowest BCUT2D eigenvalue weighted by Crippen LogP contribution is -2.50. The van der Waals surface area contributed by atoms with Crippen molar-refractivity contribution in [3.8, 4) is 0 Å². The van der Waals surface area contributed by atoms with E-state index in [1.807, 2.05) is 48.5 Å². The van der Waals surface area contributed by atoms with Gasteiger partial charge in [0.1, 0.15) is 11.9 Å². The average molecular weight is 485 g/mol. The van der Waals surface area contributed by atoms with Gasteiger partial charge < -0.3 is 10.2 Å². The second-order valence-electron chi connectivity index (χ2n) is 7.56. The summed E-state index contributed by atoms with van der Waals surface area (Å²) in [4.78, 5) is 27.7. The van der Waals surface area contributed by atoms with Gasteiger partial charge in [-0.05, 0) is 29.3 Å². The summed E-state index contributed by atoms with van der Waals surface area (Å²) in [5, 5.41) is 3.30. The van der Waals surface area contributed by atoms with Crippen molar-refractivity contribution in [3.63, 3.8) is 0 Å². The molecule has 3 aromatic rings. The summed E-state index contributed by atoms with van der Waals surface area (Å²) in [6, 6.07) is 22.5. The number of likely N-dealkylation sites (N-methyl/N-ethyl adjacent to an activating group) is 1. The molecule has 0 spiro atoms. The summed E-state index contributed by atoms with van der Waals surface area (Å²) in [5.41, 5.74) is 2.30. The van der Waals surface area contributed by atoms with Crippen LogP contribution in [0.1, 0.15) is 16.7 Å². The van der Waals surface area contributed by atoms with Crippen molar-refractivity contribution >= 4 is 35.2 Å². The van der Waals surface area contributed by atoms with Crippen LogP contribution in [0.5, 0.6) is 0 Å². The molecule has 0 radical (unpaired) electrons. The van der Waals surface area contributed by atoms with Gasteiger partial charge in [-0.1, -0.05) is 72.3 Å². The maximum atomic E-state index is 14.4. The van der Waals surface area contributed by atoms with Crippen LogP contribution in [0, 0.1) is 5.82 Å². The second kappa shape index (κ2) is 12.4. The number of carbonyl (C=O) groups excluding carboxylic acids is 2. The van der Waals surface area contributed by atoms with Crippen LogP contribution in [-0.4, -0.2) is 35.6 Å². The molecular formula is C26H26ClFN2O2S. The quantitative estimate of drug-likeness (QED) is 0.435. The minimum Gasteiger partial charge on any atom is -0.357 e. The molecule has 172 valence electrons. The number of halogens is 2. The maximum Gasteiger partial charge on any atom is 0.242 e. The molecule has 1 N–H and O–H groups in total. The summed E-state index contributed by atoms with van der Waals surface area (Å²) < 4.78 is 14.4. The highest BCUT2D eigenvalue weighted by Gasteiger charge is 2.30. The summed E-state index contributed by atoms with van der Waals surface area (Å²) >= 11 is 7.48. The van der Waals surface area contributed by atoms with Crippen LogP contribution in [0.15, 0.2) is 78.9 Å². The van der Waals surface area contributed by atoms with Crippen molar-refractivity contribution < 1.29 is 14.0 Å². The normalized spacial score (nSPS) is 11.6. The lowest BCUT2D eigenvalue weighted by Gasteiger charge is -2.31.